The second kappa shape index (κ2) is 11.8. The Kier molecular flexibility index (Phi) is 9.11. The Morgan fingerprint density at radius 2 is 1.69 bits per heavy atom. The Morgan fingerprint density at radius 3 is 2.41 bits per heavy atom. The first kappa shape index (κ1) is 22.4. The van der Waals surface area contributed by atoms with Gasteiger partial charge in [0.15, 0.2) is 5.11 Å². The minimum Gasteiger partial charge on any atom is -0.494 e. The van der Waals surface area contributed by atoms with Crippen LogP contribution in [-0.2, 0) is 0 Å². The van der Waals surface area contributed by atoms with Crippen LogP contribution in [0.1, 0.15) is 53.8 Å². The van der Waals surface area contributed by atoms with Crippen molar-refractivity contribution in [3.8, 4) is 5.75 Å². The van der Waals surface area contributed by atoms with E-state index in [9.17, 15) is 9.59 Å². The molecule has 0 aromatic heterocycles. The van der Waals surface area contributed by atoms with Gasteiger partial charge in [-0.2, -0.15) is 0 Å². The van der Waals surface area contributed by atoms with Gasteiger partial charge < -0.3 is 15.4 Å². The fourth-order valence-corrected chi connectivity index (χ4v) is 2.69. The van der Waals surface area contributed by atoms with Gasteiger partial charge in [-0.15, -0.1) is 0 Å². The molecule has 0 atom stereocenters. The fraction of sp³-hybridized carbons (Fsp3) is 0.318. The monoisotopic (exact) mass is 413 g/mol. The molecule has 29 heavy (non-hydrogen) atoms. The summed E-state index contributed by atoms with van der Waals surface area (Å²) >= 11 is 5.23. The van der Waals surface area contributed by atoms with Crippen molar-refractivity contribution in [2.24, 2.45) is 0 Å². The third-order valence-electron chi connectivity index (χ3n) is 4.01. The van der Waals surface area contributed by atoms with Crippen molar-refractivity contribution in [3.05, 3.63) is 59.7 Å². The van der Waals surface area contributed by atoms with E-state index >= 15 is 0 Å². The van der Waals surface area contributed by atoms with Gasteiger partial charge in [0.1, 0.15) is 5.75 Å². The molecule has 0 aliphatic heterocycles. The lowest BCUT2D eigenvalue weighted by Gasteiger charge is -2.12. The Morgan fingerprint density at radius 1 is 0.966 bits per heavy atom. The summed E-state index contributed by atoms with van der Waals surface area (Å²) in [6.07, 6.45) is 2.87. The van der Waals surface area contributed by atoms with E-state index in [2.05, 4.69) is 22.9 Å². The summed E-state index contributed by atoms with van der Waals surface area (Å²) in [5.74, 6) is 0.168. The van der Waals surface area contributed by atoms with Crippen LogP contribution < -0.4 is 20.7 Å². The number of nitrogens with one attached hydrogen (secondary N) is 3. The standard InChI is InChI=1S/C22H27N3O3S/c1-3-5-13-28-19-11-7-9-17(15-19)21(27)25-22(29)24-18-10-6-8-16(14-18)20(26)23-12-4-2/h6-11,14-15H,3-5,12-13H2,1-2H3,(H,23,26)(H2,24,25,27,29). The third-order valence-corrected chi connectivity index (χ3v) is 4.21. The normalized spacial score (nSPS) is 10.1. The number of benzene rings is 2. The van der Waals surface area contributed by atoms with E-state index in [0.29, 0.717) is 35.7 Å². The maximum Gasteiger partial charge on any atom is 0.257 e. The molecule has 0 saturated heterocycles. The number of carbonyl (C=O) groups excluding carboxylic acids is 2. The predicted molar refractivity (Wildman–Crippen MR) is 120 cm³/mol. The molecule has 154 valence electrons. The summed E-state index contributed by atoms with van der Waals surface area (Å²) in [6.45, 7) is 5.32. The van der Waals surface area contributed by atoms with Crippen LogP contribution in [0.4, 0.5) is 5.69 Å². The molecular formula is C22H27N3O3S. The molecule has 6 nitrogen and oxygen atoms in total. The van der Waals surface area contributed by atoms with Crippen LogP contribution in [0.3, 0.4) is 0 Å². The Hall–Kier alpha value is -2.93. The largest absolute Gasteiger partial charge is 0.494 e. The molecule has 0 unspecified atom stereocenters. The number of rotatable bonds is 9. The molecule has 2 aromatic rings. The molecule has 0 aliphatic carbocycles. The van der Waals surface area contributed by atoms with Crippen molar-refractivity contribution >= 4 is 34.8 Å². The predicted octanol–water partition coefficient (Wildman–Crippen LogP) is 4.13. The highest BCUT2D eigenvalue weighted by Gasteiger charge is 2.10. The molecule has 0 bridgehead atoms. The SMILES string of the molecule is CCCCOc1cccc(C(=O)NC(=S)Nc2cccc(C(=O)NCCC)c2)c1. The summed E-state index contributed by atoms with van der Waals surface area (Å²) in [5, 5.41) is 8.56. The zero-order chi connectivity index (χ0) is 21.1. The maximum absolute atomic E-state index is 12.5. The first-order valence-corrected chi connectivity index (χ1v) is 10.2. The second-order valence-electron chi connectivity index (χ2n) is 6.47. The zero-order valence-corrected chi connectivity index (χ0v) is 17.6. The summed E-state index contributed by atoms with van der Waals surface area (Å²) in [7, 11) is 0. The highest BCUT2D eigenvalue weighted by molar-refractivity contribution is 7.80. The van der Waals surface area contributed by atoms with Gasteiger partial charge in [-0.05, 0) is 61.5 Å². The van der Waals surface area contributed by atoms with Gasteiger partial charge in [-0.1, -0.05) is 32.4 Å². The van der Waals surface area contributed by atoms with E-state index in [1.54, 1.807) is 42.5 Å². The van der Waals surface area contributed by atoms with Crippen LogP contribution >= 0.6 is 12.2 Å². The molecule has 0 saturated carbocycles. The number of carbonyl (C=O) groups is 2. The van der Waals surface area contributed by atoms with Crippen molar-refractivity contribution in [3.63, 3.8) is 0 Å². The summed E-state index contributed by atoms with van der Waals surface area (Å²) in [4.78, 5) is 24.5. The molecule has 0 heterocycles. The van der Waals surface area contributed by atoms with E-state index in [-0.39, 0.29) is 16.9 Å². The number of thiocarbonyl (C=S) groups is 1. The number of anilines is 1. The van der Waals surface area contributed by atoms with Gasteiger partial charge in [0.05, 0.1) is 6.61 Å². The lowest BCUT2D eigenvalue weighted by Crippen LogP contribution is -2.34. The Labute approximate surface area is 177 Å². The number of amides is 2. The minimum atomic E-state index is -0.333. The average molecular weight is 414 g/mol. The third kappa shape index (κ3) is 7.54. The van der Waals surface area contributed by atoms with Gasteiger partial charge in [-0.3, -0.25) is 14.9 Å². The van der Waals surface area contributed by atoms with Crippen LogP contribution in [-0.4, -0.2) is 30.1 Å². The summed E-state index contributed by atoms with van der Waals surface area (Å²) in [6, 6.07) is 13.9. The van der Waals surface area contributed by atoms with Gasteiger partial charge >= 0.3 is 0 Å². The van der Waals surface area contributed by atoms with Crippen LogP contribution in [0.2, 0.25) is 0 Å². The second-order valence-corrected chi connectivity index (χ2v) is 6.88. The van der Waals surface area contributed by atoms with Gasteiger partial charge in [0.25, 0.3) is 11.8 Å². The molecule has 2 aromatic carbocycles. The molecule has 0 spiro atoms. The molecule has 2 rings (SSSR count). The van der Waals surface area contributed by atoms with Crippen LogP contribution in [0, 0.1) is 0 Å². The summed E-state index contributed by atoms with van der Waals surface area (Å²) < 4.78 is 5.64. The number of hydrogen-bond acceptors (Lipinski definition) is 4. The maximum atomic E-state index is 12.5. The lowest BCUT2D eigenvalue weighted by atomic mass is 10.2. The molecule has 0 aliphatic rings. The van der Waals surface area contributed by atoms with Crippen LogP contribution in [0.15, 0.2) is 48.5 Å². The minimum absolute atomic E-state index is 0.148. The van der Waals surface area contributed by atoms with Crippen LogP contribution in [0.5, 0.6) is 5.75 Å². The van der Waals surface area contributed by atoms with E-state index in [1.807, 2.05) is 13.0 Å². The fourth-order valence-electron chi connectivity index (χ4n) is 2.48. The Balaban J connectivity index is 1.94. The topological polar surface area (TPSA) is 79.5 Å². The van der Waals surface area contributed by atoms with E-state index < -0.39 is 0 Å². The van der Waals surface area contributed by atoms with Crippen molar-refractivity contribution in [1.29, 1.82) is 0 Å². The molecule has 7 heteroatoms. The number of ether oxygens (including phenoxy) is 1. The summed E-state index contributed by atoms with van der Waals surface area (Å²) in [5.41, 5.74) is 1.60. The van der Waals surface area contributed by atoms with E-state index in [4.69, 9.17) is 17.0 Å². The number of hydrogen-bond donors (Lipinski definition) is 3. The smallest absolute Gasteiger partial charge is 0.257 e. The van der Waals surface area contributed by atoms with E-state index in [1.165, 1.54) is 0 Å². The highest BCUT2D eigenvalue weighted by atomic mass is 32.1. The van der Waals surface area contributed by atoms with Crippen LogP contribution in [0.25, 0.3) is 0 Å². The van der Waals surface area contributed by atoms with Gasteiger partial charge in [0.2, 0.25) is 0 Å². The molecule has 0 radical (unpaired) electrons. The van der Waals surface area contributed by atoms with Gasteiger partial charge in [-0.25, -0.2) is 0 Å². The van der Waals surface area contributed by atoms with E-state index in [0.717, 1.165) is 19.3 Å². The van der Waals surface area contributed by atoms with Crippen molar-refractivity contribution < 1.29 is 14.3 Å². The van der Waals surface area contributed by atoms with Gasteiger partial charge in [0, 0.05) is 23.4 Å². The lowest BCUT2D eigenvalue weighted by molar-refractivity contribution is 0.0951. The Bertz CT molecular complexity index is 855. The first-order valence-electron chi connectivity index (χ1n) is 9.77. The van der Waals surface area contributed by atoms with Crippen molar-refractivity contribution in [2.75, 3.05) is 18.5 Å². The molecule has 0 fully saturated rings. The highest BCUT2D eigenvalue weighted by Crippen LogP contribution is 2.14. The number of unbranched alkanes of at least 4 members (excludes halogenated alkanes) is 1. The molecule has 2 amide bonds. The zero-order valence-electron chi connectivity index (χ0n) is 16.8. The molecule has 3 N–H and O–H groups in total. The quantitative estimate of drug-likeness (QED) is 0.425. The van der Waals surface area contributed by atoms with Crippen molar-refractivity contribution in [1.82, 2.24) is 10.6 Å². The molecular weight excluding hydrogens is 386 g/mol. The average Bonchev–Trinajstić information content (AvgIpc) is 2.72. The van der Waals surface area contributed by atoms with Crippen molar-refractivity contribution in [2.45, 2.75) is 33.1 Å². The first-order chi connectivity index (χ1) is 14.0.